The molecule has 2 N–H and O–H groups in total. The first-order valence-electron chi connectivity index (χ1n) is 14.9. The third-order valence-electron chi connectivity index (χ3n) is 8.32. The molecule has 5 rings (SSSR count). The normalized spacial score (nSPS) is 16.2. The highest BCUT2D eigenvalue weighted by Gasteiger charge is 2.29. The van der Waals surface area contributed by atoms with Crippen LogP contribution in [0.4, 0.5) is 5.69 Å². The Labute approximate surface area is 257 Å². The van der Waals surface area contributed by atoms with Crippen LogP contribution in [0.25, 0.3) is 11.1 Å². The van der Waals surface area contributed by atoms with Crippen molar-refractivity contribution in [1.29, 1.82) is 0 Å². The standard InChI is InChI=1S/C34H40N4O6/c1-22(39)36-27-12-10-24-18-30(42-2)33(43-3)34(44-4)32(24)25-11-13-28(29(40)19-26(25)27)35-20-31(41)38-16-14-37(15-17-38)21-23-8-6-5-7-9-23/h5-9,11,13,18-19,27H,10,12,14-17,20-21H2,1-4H3,(H,35,40)(H,36,39)/t27-/m0/s1. The van der Waals surface area contributed by atoms with Gasteiger partial charge in [0.05, 0.1) is 39.6 Å². The maximum atomic E-state index is 13.5. The maximum Gasteiger partial charge on any atom is 0.241 e. The van der Waals surface area contributed by atoms with Crippen molar-refractivity contribution in [2.45, 2.75) is 32.4 Å². The lowest BCUT2D eigenvalue weighted by molar-refractivity contribution is -0.131. The van der Waals surface area contributed by atoms with Crippen molar-refractivity contribution < 1.29 is 23.8 Å². The lowest BCUT2D eigenvalue weighted by atomic mass is 9.95. The van der Waals surface area contributed by atoms with Crippen LogP contribution in [0.5, 0.6) is 17.2 Å². The van der Waals surface area contributed by atoms with E-state index >= 15 is 0 Å². The van der Waals surface area contributed by atoms with E-state index in [9.17, 15) is 14.4 Å². The molecular formula is C34H40N4O6. The fourth-order valence-electron chi connectivity index (χ4n) is 6.13. The van der Waals surface area contributed by atoms with Gasteiger partial charge in [0.2, 0.25) is 23.0 Å². The molecule has 2 aliphatic rings. The number of piperazine rings is 1. The average molecular weight is 601 g/mol. The van der Waals surface area contributed by atoms with Crippen LogP contribution in [0.2, 0.25) is 0 Å². The monoisotopic (exact) mass is 600 g/mol. The first-order chi connectivity index (χ1) is 21.3. The summed E-state index contributed by atoms with van der Waals surface area (Å²) in [4.78, 5) is 43.0. The van der Waals surface area contributed by atoms with Gasteiger partial charge < -0.3 is 29.7 Å². The van der Waals surface area contributed by atoms with Crippen molar-refractivity contribution in [1.82, 2.24) is 15.1 Å². The van der Waals surface area contributed by atoms with E-state index in [4.69, 9.17) is 14.2 Å². The predicted octanol–water partition coefficient (Wildman–Crippen LogP) is 3.62. The predicted molar refractivity (Wildman–Crippen MR) is 169 cm³/mol. The molecule has 1 heterocycles. The highest BCUT2D eigenvalue weighted by Crippen LogP contribution is 2.50. The van der Waals surface area contributed by atoms with Crippen LogP contribution in [0.3, 0.4) is 0 Å². The summed E-state index contributed by atoms with van der Waals surface area (Å²) in [5, 5.41) is 6.10. The van der Waals surface area contributed by atoms with Gasteiger partial charge in [-0.05, 0) is 53.3 Å². The molecule has 0 saturated carbocycles. The Balaban J connectivity index is 1.39. The molecule has 232 valence electrons. The summed E-state index contributed by atoms with van der Waals surface area (Å²) in [6.07, 6.45) is 1.18. The summed E-state index contributed by atoms with van der Waals surface area (Å²) < 4.78 is 17.1. The quantitative estimate of drug-likeness (QED) is 0.384. The number of aryl methyl sites for hydroxylation is 1. The number of carbonyl (C=O) groups is 2. The molecule has 0 unspecified atom stereocenters. The van der Waals surface area contributed by atoms with Gasteiger partial charge >= 0.3 is 0 Å². The lowest BCUT2D eigenvalue weighted by Gasteiger charge is -2.34. The minimum absolute atomic E-state index is 0.00264. The molecule has 1 fully saturated rings. The minimum atomic E-state index is -0.404. The van der Waals surface area contributed by atoms with E-state index in [0.29, 0.717) is 54.4 Å². The van der Waals surface area contributed by atoms with Crippen molar-refractivity contribution in [2.24, 2.45) is 0 Å². The van der Waals surface area contributed by atoms with Crippen LogP contribution in [0.1, 0.15) is 36.1 Å². The van der Waals surface area contributed by atoms with Gasteiger partial charge in [-0.3, -0.25) is 19.3 Å². The smallest absolute Gasteiger partial charge is 0.241 e. The van der Waals surface area contributed by atoms with Gasteiger partial charge in [-0.25, -0.2) is 0 Å². The van der Waals surface area contributed by atoms with Crippen LogP contribution >= 0.6 is 0 Å². The summed E-state index contributed by atoms with van der Waals surface area (Å²) in [6.45, 7) is 5.18. The van der Waals surface area contributed by atoms with E-state index < -0.39 is 6.04 Å². The number of rotatable bonds is 9. The number of hydrogen-bond acceptors (Lipinski definition) is 8. The molecule has 44 heavy (non-hydrogen) atoms. The molecule has 1 atom stereocenters. The molecule has 1 saturated heterocycles. The zero-order chi connectivity index (χ0) is 31.2. The Hall–Kier alpha value is -4.57. The summed E-state index contributed by atoms with van der Waals surface area (Å²) in [7, 11) is 4.69. The molecule has 3 aromatic carbocycles. The SMILES string of the molecule is COc1cc2c(c(OC)c1OC)-c1ccc(NCC(=O)N3CCN(Cc4ccccc4)CC3)c(=O)cc1[C@@H](NC(C)=O)CC2. The largest absolute Gasteiger partial charge is 0.493 e. The number of fused-ring (bicyclic) bond motifs is 3. The molecule has 10 nitrogen and oxygen atoms in total. The summed E-state index contributed by atoms with van der Waals surface area (Å²) in [6, 6.07) is 16.9. The highest BCUT2D eigenvalue weighted by molar-refractivity contribution is 5.84. The Morgan fingerprint density at radius 2 is 1.64 bits per heavy atom. The topological polar surface area (TPSA) is 109 Å². The molecule has 0 radical (unpaired) electrons. The van der Waals surface area contributed by atoms with E-state index in [0.717, 1.165) is 36.3 Å². The molecule has 10 heteroatoms. The fraction of sp³-hybridized carbons (Fsp3) is 0.382. The fourth-order valence-corrected chi connectivity index (χ4v) is 6.13. The Morgan fingerprint density at radius 3 is 2.30 bits per heavy atom. The number of benzene rings is 2. The van der Waals surface area contributed by atoms with Crippen LogP contribution in [-0.4, -0.2) is 75.7 Å². The third kappa shape index (κ3) is 6.65. The van der Waals surface area contributed by atoms with Gasteiger partial charge in [0.1, 0.15) is 0 Å². The first kappa shape index (κ1) is 30.9. The van der Waals surface area contributed by atoms with E-state index in [2.05, 4.69) is 27.7 Å². The van der Waals surface area contributed by atoms with Gasteiger partial charge in [-0.15, -0.1) is 0 Å². The average Bonchev–Trinajstić information content (AvgIpc) is 3.27. The van der Waals surface area contributed by atoms with Crippen molar-refractivity contribution in [3.05, 3.63) is 81.5 Å². The van der Waals surface area contributed by atoms with Gasteiger partial charge in [-0.2, -0.15) is 0 Å². The molecule has 0 spiro atoms. The molecule has 3 aromatic rings. The van der Waals surface area contributed by atoms with Crippen LogP contribution in [0, 0.1) is 0 Å². The number of nitrogens with zero attached hydrogens (tertiary/aromatic N) is 2. The van der Waals surface area contributed by atoms with Crippen molar-refractivity contribution in [3.63, 3.8) is 0 Å². The van der Waals surface area contributed by atoms with Gasteiger partial charge in [0.25, 0.3) is 0 Å². The van der Waals surface area contributed by atoms with Gasteiger partial charge in [-0.1, -0.05) is 36.4 Å². The highest BCUT2D eigenvalue weighted by atomic mass is 16.5. The van der Waals surface area contributed by atoms with E-state index in [1.807, 2.05) is 35.2 Å². The number of ether oxygens (including phenoxy) is 3. The molecule has 1 aliphatic heterocycles. The molecule has 1 aliphatic carbocycles. The maximum absolute atomic E-state index is 13.5. The number of carbonyl (C=O) groups excluding carboxylic acids is 2. The van der Waals surface area contributed by atoms with E-state index in [1.165, 1.54) is 12.5 Å². The first-order valence-corrected chi connectivity index (χ1v) is 14.9. The summed E-state index contributed by atoms with van der Waals surface area (Å²) in [5.41, 5.74) is 4.42. The Bertz CT molecular complexity index is 1570. The summed E-state index contributed by atoms with van der Waals surface area (Å²) >= 11 is 0. The molecule has 2 amide bonds. The van der Waals surface area contributed by atoms with Gasteiger partial charge in [0, 0.05) is 45.2 Å². The van der Waals surface area contributed by atoms with Crippen LogP contribution in [0.15, 0.2) is 59.4 Å². The molecule has 0 bridgehead atoms. The second-order valence-electron chi connectivity index (χ2n) is 11.1. The number of nitrogens with one attached hydrogen (secondary N) is 2. The zero-order valence-electron chi connectivity index (χ0n) is 25.8. The van der Waals surface area contributed by atoms with Crippen molar-refractivity contribution in [2.75, 3.05) is 59.4 Å². The second kappa shape index (κ2) is 13.8. The zero-order valence-corrected chi connectivity index (χ0v) is 25.8. The van der Waals surface area contributed by atoms with E-state index in [-0.39, 0.29) is 23.8 Å². The number of hydrogen-bond donors (Lipinski definition) is 2. The lowest BCUT2D eigenvalue weighted by Crippen LogP contribution is -2.49. The third-order valence-corrected chi connectivity index (χ3v) is 8.32. The number of anilines is 1. The Morgan fingerprint density at radius 1 is 0.909 bits per heavy atom. The van der Waals surface area contributed by atoms with E-state index in [1.54, 1.807) is 33.5 Å². The van der Waals surface area contributed by atoms with Crippen molar-refractivity contribution >= 4 is 17.5 Å². The number of amides is 2. The second-order valence-corrected chi connectivity index (χ2v) is 11.1. The van der Waals surface area contributed by atoms with Crippen LogP contribution in [-0.2, 0) is 22.6 Å². The van der Waals surface area contributed by atoms with Gasteiger partial charge in [0.15, 0.2) is 11.5 Å². The van der Waals surface area contributed by atoms with Crippen LogP contribution < -0.4 is 30.3 Å². The minimum Gasteiger partial charge on any atom is -0.493 e. The van der Waals surface area contributed by atoms with Crippen molar-refractivity contribution in [3.8, 4) is 28.4 Å². The Kier molecular flexibility index (Phi) is 9.69. The molecular weight excluding hydrogens is 560 g/mol. The summed E-state index contributed by atoms with van der Waals surface area (Å²) in [5.74, 6) is 1.22. The number of methoxy groups -OCH3 is 3. The molecule has 0 aromatic heterocycles.